The van der Waals surface area contributed by atoms with E-state index >= 15 is 0 Å². The number of aromatic nitrogens is 1. The van der Waals surface area contributed by atoms with Gasteiger partial charge < -0.3 is 15.1 Å². The molecule has 1 aromatic carbocycles. The Bertz CT molecular complexity index is 694. The van der Waals surface area contributed by atoms with Gasteiger partial charge in [-0.2, -0.15) is 0 Å². The van der Waals surface area contributed by atoms with Crippen molar-refractivity contribution >= 4 is 17.3 Å². The van der Waals surface area contributed by atoms with E-state index in [0.29, 0.717) is 5.56 Å². The lowest BCUT2D eigenvalue weighted by atomic mass is 10.1. The van der Waals surface area contributed by atoms with Gasteiger partial charge in [-0.15, -0.1) is 0 Å². The highest BCUT2D eigenvalue weighted by atomic mass is 16.1. The molecule has 5 heteroatoms. The van der Waals surface area contributed by atoms with Crippen LogP contribution in [-0.4, -0.2) is 48.5 Å². The highest BCUT2D eigenvalue weighted by Gasteiger charge is 2.16. The molecule has 1 saturated heterocycles. The summed E-state index contributed by atoms with van der Waals surface area (Å²) in [6.45, 7) is 9.68. The molecule has 1 aliphatic heterocycles. The molecule has 0 unspecified atom stereocenters. The zero-order chi connectivity index (χ0) is 16.9. The lowest BCUT2D eigenvalue weighted by Gasteiger charge is -2.35. The fourth-order valence-electron chi connectivity index (χ4n) is 3.00. The molecule has 1 amide bonds. The van der Waals surface area contributed by atoms with Crippen LogP contribution in [0.25, 0.3) is 0 Å². The molecule has 0 radical (unpaired) electrons. The van der Waals surface area contributed by atoms with Crippen molar-refractivity contribution in [3.05, 3.63) is 53.9 Å². The second-order valence-electron chi connectivity index (χ2n) is 6.11. The van der Waals surface area contributed by atoms with Gasteiger partial charge in [-0.1, -0.05) is 6.92 Å². The smallest absolute Gasteiger partial charge is 0.255 e. The van der Waals surface area contributed by atoms with Crippen LogP contribution in [0.3, 0.4) is 0 Å². The number of hydrogen-bond donors (Lipinski definition) is 1. The molecule has 1 aliphatic rings. The van der Waals surface area contributed by atoms with E-state index in [9.17, 15) is 4.79 Å². The third kappa shape index (κ3) is 3.74. The second-order valence-corrected chi connectivity index (χ2v) is 6.11. The maximum atomic E-state index is 12.3. The van der Waals surface area contributed by atoms with Crippen molar-refractivity contribution in [2.24, 2.45) is 0 Å². The first-order valence-electron chi connectivity index (χ1n) is 8.46. The number of benzene rings is 1. The molecule has 1 N–H and O–H groups in total. The Labute approximate surface area is 143 Å². The summed E-state index contributed by atoms with van der Waals surface area (Å²) in [6.07, 6.45) is 3.25. The highest BCUT2D eigenvalue weighted by molar-refractivity contribution is 6.04. The topological polar surface area (TPSA) is 48.5 Å². The van der Waals surface area contributed by atoms with Crippen LogP contribution in [-0.2, 0) is 0 Å². The van der Waals surface area contributed by atoms with Crippen LogP contribution < -0.4 is 10.2 Å². The Hall–Kier alpha value is -2.40. The Balaban J connectivity index is 1.68. The average molecular weight is 324 g/mol. The third-order valence-corrected chi connectivity index (χ3v) is 4.59. The monoisotopic (exact) mass is 324 g/mol. The van der Waals surface area contributed by atoms with Gasteiger partial charge in [0.15, 0.2) is 0 Å². The first kappa shape index (κ1) is 16.5. The second kappa shape index (κ2) is 7.45. The molecular formula is C19H24N4O. The van der Waals surface area contributed by atoms with Gasteiger partial charge >= 0.3 is 0 Å². The van der Waals surface area contributed by atoms with Crippen LogP contribution in [0.15, 0.2) is 42.7 Å². The van der Waals surface area contributed by atoms with Crippen LogP contribution in [0.1, 0.15) is 22.8 Å². The van der Waals surface area contributed by atoms with Crippen LogP contribution in [0, 0.1) is 6.92 Å². The van der Waals surface area contributed by atoms with E-state index in [-0.39, 0.29) is 5.91 Å². The number of aryl methyl sites for hydroxylation is 1. The standard InChI is InChI=1S/C19H24N4O/c1-3-22-10-12-23(13-11-22)17-4-5-18(15(2)14-17)21-19(24)16-6-8-20-9-7-16/h4-9,14H,3,10-13H2,1-2H3,(H,21,24). The maximum absolute atomic E-state index is 12.3. The van der Waals surface area contributed by atoms with Gasteiger partial charge in [-0.3, -0.25) is 9.78 Å². The number of nitrogens with one attached hydrogen (secondary N) is 1. The molecule has 0 spiro atoms. The number of nitrogens with zero attached hydrogens (tertiary/aromatic N) is 3. The molecule has 1 fully saturated rings. The fraction of sp³-hybridized carbons (Fsp3) is 0.368. The lowest BCUT2D eigenvalue weighted by Crippen LogP contribution is -2.46. The van der Waals surface area contributed by atoms with Crippen LogP contribution >= 0.6 is 0 Å². The Morgan fingerprint density at radius 3 is 2.46 bits per heavy atom. The molecule has 1 aromatic heterocycles. The number of hydrogen-bond acceptors (Lipinski definition) is 4. The highest BCUT2D eigenvalue weighted by Crippen LogP contribution is 2.24. The summed E-state index contributed by atoms with van der Waals surface area (Å²) in [7, 11) is 0. The molecule has 126 valence electrons. The molecule has 2 heterocycles. The molecule has 5 nitrogen and oxygen atoms in total. The maximum Gasteiger partial charge on any atom is 0.255 e. The average Bonchev–Trinajstić information content (AvgIpc) is 2.64. The number of piperazine rings is 1. The Morgan fingerprint density at radius 1 is 1.12 bits per heavy atom. The van der Waals surface area contributed by atoms with Gasteiger partial charge in [-0.25, -0.2) is 0 Å². The SMILES string of the molecule is CCN1CCN(c2ccc(NC(=O)c3ccncc3)c(C)c2)CC1. The fourth-order valence-corrected chi connectivity index (χ4v) is 3.00. The third-order valence-electron chi connectivity index (χ3n) is 4.59. The van der Waals surface area contributed by atoms with Gasteiger partial charge in [0, 0.05) is 55.5 Å². The van der Waals surface area contributed by atoms with E-state index in [0.717, 1.165) is 44.0 Å². The van der Waals surface area contributed by atoms with Crippen LogP contribution in [0.5, 0.6) is 0 Å². The number of carbonyl (C=O) groups is 1. The van der Waals surface area contributed by atoms with Crippen molar-refractivity contribution in [2.45, 2.75) is 13.8 Å². The van der Waals surface area contributed by atoms with Crippen molar-refractivity contribution in [2.75, 3.05) is 42.9 Å². The number of anilines is 2. The van der Waals surface area contributed by atoms with Gasteiger partial charge in [0.2, 0.25) is 0 Å². The summed E-state index contributed by atoms with van der Waals surface area (Å²) < 4.78 is 0. The number of carbonyl (C=O) groups excluding carboxylic acids is 1. The molecule has 24 heavy (non-hydrogen) atoms. The van der Waals surface area contributed by atoms with E-state index in [1.54, 1.807) is 24.5 Å². The predicted molar refractivity (Wildman–Crippen MR) is 97.7 cm³/mol. The van der Waals surface area contributed by atoms with Crippen molar-refractivity contribution < 1.29 is 4.79 Å². The van der Waals surface area contributed by atoms with E-state index in [4.69, 9.17) is 0 Å². The zero-order valence-electron chi connectivity index (χ0n) is 14.3. The minimum atomic E-state index is -0.107. The van der Waals surface area contributed by atoms with Crippen LogP contribution in [0.4, 0.5) is 11.4 Å². The summed E-state index contributed by atoms with van der Waals surface area (Å²) in [5, 5.41) is 2.98. The number of pyridine rings is 1. The van der Waals surface area contributed by atoms with Crippen LogP contribution in [0.2, 0.25) is 0 Å². The van der Waals surface area contributed by atoms with Gasteiger partial charge in [0.1, 0.15) is 0 Å². The summed E-state index contributed by atoms with van der Waals surface area (Å²) in [4.78, 5) is 21.1. The molecule has 0 atom stereocenters. The molecular weight excluding hydrogens is 300 g/mol. The molecule has 0 saturated carbocycles. The van der Waals surface area contributed by atoms with Crippen molar-refractivity contribution in [3.63, 3.8) is 0 Å². The molecule has 0 aliphatic carbocycles. The van der Waals surface area contributed by atoms with Crippen molar-refractivity contribution in [1.82, 2.24) is 9.88 Å². The summed E-state index contributed by atoms with van der Waals surface area (Å²) in [5.74, 6) is -0.107. The Morgan fingerprint density at radius 2 is 1.83 bits per heavy atom. The zero-order valence-corrected chi connectivity index (χ0v) is 14.3. The van der Waals surface area contributed by atoms with E-state index in [2.05, 4.69) is 39.2 Å². The van der Waals surface area contributed by atoms with Crippen molar-refractivity contribution in [3.8, 4) is 0 Å². The normalized spacial score (nSPS) is 15.3. The van der Waals surface area contributed by atoms with Gasteiger partial charge in [-0.05, 0) is 49.4 Å². The Kier molecular flexibility index (Phi) is 5.11. The van der Waals surface area contributed by atoms with E-state index in [1.165, 1.54) is 5.69 Å². The van der Waals surface area contributed by atoms with Crippen molar-refractivity contribution in [1.29, 1.82) is 0 Å². The predicted octanol–water partition coefficient (Wildman–Crippen LogP) is 2.78. The number of amides is 1. The minimum Gasteiger partial charge on any atom is -0.369 e. The summed E-state index contributed by atoms with van der Waals surface area (Å²) in [6, 6.07) is 9.68. The molecule has 2 aromatic rings. The summed E-state index contributed by atoms with van der Waals surface area (Å²) >= 11 is 0. The molecule has 0 bridgehead atoms. The quantitative estimate of drug-likeness (QED) is 0.939. The van der Waals surface area contributed by atoms with E-state index < -0.39 is 0 Å². The van der Waals surface area contributed by atoms with Gasteiger partial charge in [0.05, 0.1) is 0 Å². The molecule has 3 rings (SSSR count). The van der Waals surface area contributed by atoms with E-state index in [1.807, 2.05) is 13.0 Å². The van der Waals surface area contributed by atoms with Gasteiger partial charge in [0.25, 0.3) is 5.91 Å². The number of rotatable bonds is 4. The summed E-state index contributed by atoms with van der Waals surface area (Å²) in [5.41, 5.74) is 3.77. The lowest BCUT2D eigenvalue weighted by molar-refractivity contribution is 0.102. The largest absolute Gasteiger partial charge is 0.369 e. The number of likely N-dealkylation sites (N-methyl/N-ethyl adjacent to an activating group) is 1. The minimum absolute atomic E-state index is 0.107. The first-order chi connectivity index (χ1) is 11.7. The first-order valence-corrected chi connectivity index (χ1v) is 8.46.